The largest absolute Gasteiger partial charge is 0.449 e. The number of halogens is 5. The Kier molecular flexibility index (Phi) is 8.60. The summed E-state index contributed by atoms with van der Waals surface area (Å²) in [6, 6.07) is 2.95. The van der Waals surface area contributed by atoms with E-state index >= 15 is 0 Å². The number of unbranched alkanes of at least 4 members (excludes halogenated alkanes) is 4. The predicted molar refractivity (Wildman–Crippen MR) is 146 cm³/mol. The summed E-state index contributed by atoms with van der Waals surface area (Å²) in [6.07, 6.45) is 1.18. The molecule has 2 aliphatic heterocycles. The minimum Gasteiger partial charge on any atom is -0.384 e. The second-order valence-electron chi connectivity index (χ2n) is 12.0. The Bertz CT molecular complexity index is 1370. The Hall–Kier alpha value is -3.09. The molecule has 230 valence electrons. The highest BCUT2D eigenvalue weighted by Crippen LogP contribution is 2.57. The van der Waals surface area contributed by atoms with Gasteiger partial charge in [0.2, 0.25) is 23.6 Å². The summed E-state index contributed by atoms with van der Waals surface area (Å²) < 4.78 is 68.7. The minimum absolute atomic E-state index is 0.0378. The summed E-state index contributed by atoms with van der Waals surface area (Å²) in [5.74, 6) is -5.50. The topological polar surface area (TPSA) is 96.3 Å². The third-order valence-corrected chi connectivity index (χ3v) is 8.86. The van der Waals surface area contributed by atoms with Crippen LogP contribution in [0.4, 0.5) is 27.6 Å². The van der Waals surface area contributed by atoms with Gasteiger partial charge < -0.3 is 10.2 Å². The van der Waals surface area contributed by atoms with Gasteiger partial charge in [-0.2, -0.15) is 13.2 Å². The third kappa shape index (κ3) is 6.60. The zero-order valence-electron chi connectivity index (χ0n) is 23.4. The first kappa shape index (κ1) is 30.4. The number of carbonyl (C=O) groups is 2. The van der Waals surface area contributed by atoms with E-state index in [1.54, 1.807) is 6.07 Å². The highest BCUT2D eigenvalue weighted by Gasteiger charge is 2.56. The Morgan fingerprint density at radius 3 is 2.36 bits per heavy atom. The molecule has 42 heavy (non-hydrogen) atoms. The standard InChI is InChI=1S/C29H36F5N5O3/c30-28(31)17-27(18-28)11-15-38(16-12-27)14-5-3-1-2-4-13-35-19-7-6-8-20-23(19)25(42)39(26(36-20)29(32,33)34)21-9-10-22(40)37-24(21)41/h6-8,21,35H,1-5,9-18H2,(H,37,40,41). The number of fused-ring (bicyclic) bond motifs is 1. The van der Waals surface area contributed by atoms with Gasteiger partial charge >= 0.3 is 6.18 Å². The number of likely N-dealkylation sites (tertiary alicyclic amines) is 1. The van der Waals surface area contributed by atoms with Crippen LogP contribution in [0.15, 0.2) is 23.0 Å². The predicted octanol–water partition coefficient (Wildman–Crippen LogP) is 5.27. The van der Waals surface area contributed by atoms with Gasteiger partial charge in [0, 0.05) is 31.5 Å². The number of alkyl halides is 5. The molecule has 2 amide bonds. The highest BCUT2D eigenvalue weighted by atomic mass is 19.4. The van der Waals surface area contributed by atoms with Crippen molar-refractivity contribution >= 4 is 28.4 Å². The van der Waals surface area contributed by atoms with Crippen molar-refractivity contribution in [2.24, 2.45) is 5.41 Å². The van der Waals surface area contributed by atoms with Crippen LogP contribution in [0, 0.1) is 5.41 Å². The molecule has 1 atom stereocenters. The van der Waals surface area contributed by atoms with Crippen molar-refractivity contribution in [2.75, 3.05) is 31.5 Å². The number of nitrogens with one attached hydrogen (secondary N) is 2. The lowest BCUT2D eigenvalue weighted by Crippen LogP contribution is -2.52. The van der Waals surface area contributed by atoms with Crippen molar-refractivity contribution in [1.82, 2.24) is 19.8 Å². The van der Waals surface area contributed by atoms with Crippen molar-refractivity contribution in [1.29, 1.82) is 0 Å². The molecule has 1 aromatic heterocycles. The molecule has 0 bridgehead atoms. The molecule has 3 heterocycles. The number of benzene rings is 1. The lowest BCUT2D eigenvalue weighted by Gasteiger charge is -2.51. The smallest absolute Gasteiger partial charge is 0.384 e. The fourth-order valence-corrected chi connectivity index (χ4v) is 6.67. The van der Waals surface area contributed by atoms with Crippen LogP contribution < -0.4 is 16.2 Å². The molecule has 5 rings (SSSR count). The number of carbonyl (C=O) groups excluding carboxylic acids is 2. The summed E-state index contributed by atoms with van der Waals surface area (Å²) in [5, 5.41) is 5.13. The second-order valence-corrected chi connectivity index (χ2v) is 12.0. The molecule has 1 saturated carbocycles. The molecule has 8 nitrogen and oxygen atoms in total. The van der Waals surface area contributed by atoms with E-state index in [-0.39, 0.29) is 42.0 Å². The third-order valence-electron chi connectivity index (χ3n) is 8.86. The van der Waals surface area contributed by atoms with Crippen molar-refractivity contribution in [3.05, 3.63) is 34.4 Å². The lowest BCUT2D eigenvalue weighted by molar-refractivity contribution is -0.177. The van der Waals surface area contributed by atoms with Gasteiger partial charge in [-0.3, -0.25) is 24.3 Å². The first-order chi connectivity index (χ1) is 19.9. The number of hydrogen-bond donors (Lipinski definition) is 2. The second kappa shape index (κ2) is 11.9. The SMILES string of the molecule is O=C1CCC(n2c(C(F)(F)F)nc3cccc(NCCCCCCCN4CCC5(CC4)CC(F)(F)C5)c3c2=O)C(=O)N1. The summed E-state index contributed by atoms with van der Waals surface area (Å²) in [5.41, 5.74) is -0.909. The summed E-state index contributed by atoms with van der Waals surface area (Å²) in [4.78, 5) is 43.5. The van der Waals surface area contributed by atoms with Crippen LogP contribution in [-0.4, -0.2) is 58.4 Å². The maximum atomic E-state index is 13.9. The molecular formula is C29H36F5N5O3. The number of amides is 2. The monoisotopic (exact) mass is 597 g/mol. The number of nitrogens with zero attached hydrogens (tertiary/aromatic N) is 3. The van der Waals surface area contributed by atoms with Crippen molar-refractivity contribution in [3.8, 4) is 0 Å². The van der Waals surface area contributed by atoms with Crippen molar-refractivity contribution < 1.29 is 31.5 Å². The molecular weight excluding hydrogens is 561 g/mol. The zero-order chi connectivity index (χ0) is 30.1. The van der Waals surface area contributed by atoms with Crippen LogP contribution in [0.25, 0.3) is 10.9 Å². The zero-order valence-corrected chi connectivity index (χ0v) is 23.4. The molecule has 1 spiro atoms. The molecule has 3 aliphatic rings. The number of rotatable bonds is 10. The average Bonchev–Trinajstić information content (AvgIpc) is 2.90. The van der Waals surface area contributed by atoms with Crippen LogP contribution in [0.2, 0.25) is 0 Å². The average molecular weight is 598 g/mol. The normalized spacial score (nSPS) is 22.3. The van der Waals surface area contributed by atoms with Gasteiger partial charge in [0.1, 0.15) is 6.04 Å². The quantitative estimate of drug-likeness (QED) is 0.220. The van der Waals surface area contributed by atoms with Gasteiger partial charge in [-0.15, -0.1) is 0 Å². The number of hydrogen-bond acceptors (Lipinski definition) is 6. The summed E-state index contributed by atoms with van der Waals surface area (Å²) in [7, 11) is 0. The molecule has 1 aromatic carbocycles. The first-order valence-corrected chi connectivity index (χ1v) is 14.7. The molecule has 1 unspecified atom stereocenters. The number of piperidine rings is 2. The van der Waals surface area contributed by atoms with Crippen LogP contribution in [0.1, 0.15) is 82.5 Å². The van der Waals surface area contributed by atoms with E-state index in [1.165, 1.54) is 12.1 Å². The van der Waals surface area contributed by atoms with Crippen molar-refractivity contribution in [2.45, 2.75) is 88.8 Å². The Balaban J connectivity index is 1.13. The summed E-state index contributed by atoms with van der Waals surface area (Å²) in [6.45, 7) is 3.23. The fourth-order valence-electron chi connectivity index (χ4n) is 6.67. The number of aromatic nitrogens is 2. The summed E-state index contributed by atoms with van der Waals surface area (Å²) >= 11 is 0. The molecule has 0 radical (unpaired) electrons. The molecule has 2 N–H and O–H groups in total. The minimum atomic E-state index is -4.98. The Morgan fingerprint density at radius 1 is 1.00 bits per heavy atom. The maximum absolute atomic E-state index is 13.9. The van der Waals surface area contributed by atoms with E-state index < -0.39 is 41.3 Å². The van der Waals surface area contributed by atoms with Crippen LogP contribution in [-0.2, 0) is 15.8 Å². The van der Waals surface area contributed by atoms with Gasteiger partial charge in [0.25, 0.3) is 5.56 Å². The molecule has 2 aromatic rings. The van der Waals surface area contributed by atoms with Crippen molar-refractivity contribution in [3.63, 3.8) is 0 Å². The van der Waals surface area contributed by atoms with Crippen LogP contribution >= 0.6 is 0 Å². The van der Waals surface area contributed by atoms with E-state index in [0.717, 1.165) is 64.6 Å². The van der Waals surface area contributed by atoms with Gasteiger partial charge in [0.15, 0.2) is 0 Å². The fraction of sp³-hybridized carbons (Fsp3) is 0.655. The lowest BCUT2D eigenvalue weighted by atomic mass is 9.61. The van der Waals surface area contributed by atoms with E-state index in [1.807, 2.05) is 5.32 Å². The van der Waals surface area contributed by atoms with E-state index in [9.17, 15) is 36.3 Å². The maximum Gasteiger partial charge on any atom is 0.449 e. The first-order valence-electron chi connectivity index (χ1n) is 14.7. The van der Waals surface area contributed by atoms with Gasteiger partial charge in [-0.25, -0.2) is 13.8 Å². The number of imide groups is 1. The molecule has 2 saturated heterocycles. The van der Waals surface area contributed by atoms with Gasteiger partial charge in [-0.1, -0.05) is 25.3 Å². The van der Waals surface area contributed by atoms with E-state index in [2.05, 4.69) is 15.2 Å². The van der Waals surface area contributed by atoms with Gasteiger partial charge in [0.05, 0.1) is 10.9 Å². The molecule has 13 heteroatoms. The Labute approximate surface area is 240 Å². The molecule has 3 fully saturated rings. The van der Waals surface area contributed by atoms with Gasteiger partial charge in [-0.05, 0) is 69.3 Å². The van der Waals surface area contributed by atoms with E-state index in [0.29, 0.717) is 16.8 Å². The van der Waals surface area contributed by atoms with E-state index in [4.69, 9.17) is 0 Å². The van der Waals surface area contributed by atoms with Crippen LogP contribution in [0.3, 0.4) is 0 Å². The molecule has 1 aliphatic carbocycles. The highest BCUT2D eigenvalue weighted by molar-refractivity contribution is 5.99. The Morgan fingerprint density at radius 2 is 1.69 bits per heavy atom. The number of anilines is 1. The van der Waals surface area contributed by atoms with Crippen LogP contribution in [0.5, 0.6) is 0 Å².